The van der Waals surface area contributed by atoms with Crippen molar-refractivity contribution >= 4 is 29.3 Å². The monoisotopic (exact) mass is 403 g/mol. The molecule has 1 aromatic carbocycles. The SMILES string of the molecule is CCCCC[C@H](CN(O)C=O)C(=O)NNC(=O)c1nc2ccccc2nc1OC. The van der Waals surface area contributed by atoms with Gasteiger partial charge in [-0.25, -0.2) is 15.0 Å². The minimum absolute atomic E-state index is 0.0254. The highest BCUT2D eigenvalue weighted by Gasteiger charge is 2.23. The van der Waals surface area contributed by atoms with E-state index in [1.807, 2.05) is 6.92 Å². The number of nitrogens with zero attached hydrogens (tertiary/aromatic N) is 3. The lowest BCUT2D eigenvalue weighted by molar-refractivity contribution is -0.154. The van der Waals surface area contributed by atoms with Gasteiger partial charge in [-0.2, -0.15) is 0 Å². The Morgan fingerprint density at radius 2 is 1.90 bits per heavy atom. The molecule has 0 fully saturated rings. The van der Waals surface area contributed by atoms with E-state index in [1.54, 1.807) is 24.3 Å². The number of unbranched alkanes of at least 4 members (excludes halogenated alkanes) is 2. The fourth-order valence-electron chi connectivity index (χ4n) is 2.77. The van der Waals surface area contributed by atoms with E-state index in [0.29, 0.717) is 22.5 Å². The number of benzene rings is 1. The van der Waals surface area contributed by atoms with Gasteiger partial charge in [0.25, 0.3) is 5.91 Å². The Balaban J connectivity index is 2.08. The molecule has 3 N–H and O–H groups in total. The van der Waals surface area contributed by atoms with Crippen molar-refractivity contribution in [3.05, 3.63) is 30.0 Å². The van der Waals surface area contributed by atoms with E-state index in [0.717, 1.165) is 19.3 Å². The maximum absolute atomic E-state index is 12.5. The standard InChI is InChI=1S/C19H25N5O5/c1-3-4-5-8-13(11-24(28)12-25)17(26)22-23-18(27)16-19(29-2)21-15-10-7-6-9-14(15)20-16/h6-7,9-10,12-13,28H,3-5,8,11H2,1-2H3,(H,22,26)(H,23,27)/t13-/m1/s1. The molecule has 0 spiro atoms. The normalized spacial score (nSPS) is 11.6. The van der Waals surface area contributed by atoms with Crippen molar-refractivity contribution in [1.82, 2.24) is 25.9 Å². The van der Waals surface area contributed by atoms with Crippen LogP contribution in [0.2, 0.25) is 0 Å². The Hall–Kier alpha value is -3.27. The number of fused-ring (bicyclic) bond motifs is 1. The fraction of sp³-hybridized carbons (Fsp3) is 0.421. The second-order valence-electron chi connectivity index (χ2n) is 6.43. The quantitative estimate of drug-likeness (QED) is 0.236. The predicted molar refractivity (Wildman–Crippen MR) is 104 cm³/mol. The molecule has 0 aliphatic heterocycles. The van der Waals surface area contributed by atoms with Crippen molar-refractivity contribution < 1.29 is 24.3 Å². The first-order valence-electron chi connectivity index (χ1n) is 9.31. The minimum Gasteiger partial charge on any atom is -0.479 e. The number of hydrogen-bond acceptors (Lipinski definition) is 7. The second kappa shape index (κ2) is 10.9. The third-order valence-electron chi connectivity index (χ3n) is 4.30. The van der Waals surface area contributed by atoms with Crippen LogP contribution in [-0.2, 0) is 9.59 Å². The lowest BCUT2D eigenvalue weighted by Gasteiger charge is -2.19. The highest BCUT2D eigenvalue weighted by Crippen LogP contribution is 2.18. The number of ether oxygens (including phenoxy) is 1. The van der Waals surface area contributed by atoms with Crippen LogP contribution < -0.4 is 15.6 Å². The molecule has 1 aromatic heterocycles. The smallest absolute Gasteiger partial charge is 0.293 e. The van der Waals surface area contributed by atoms with Gasteiger partial charge in [0.05, 0.1) is 30.6 Å². The summed E-state index contributed by atoms with van der Waals surface area (Å²) in [6, 6.07) is 7.00. The van der Waals surface area contributed by atoms with E-state index in [9.17, 15) is 19.6 Å². The number of carbonyl (C=O) groups excluding carboxylic acids is 3. The van der Waals surface area contributed by atoms with Crippen molar-refractivity contribution in [3.8, 4) is 5.88 Å². The first-order valence-corrected chi connectivity index (χ1v) is 9.31. The van der Waals surface area contributed by atoms with Crippen molar-refractivity contribution in [2.45, 2.75) is 32.6 Å². The molecule has 0 saturated heterocycles. The molecule has 156 valence electrons. The Morgan fingerprint density at radius 1 is 1.21 bits per heavy atom. The van der Waals surface area contributed by atoms with Gasteiger partial charge in [-0.1, -0.05) is 38.3 Å². The van der Waals surface area contributed by atoms with Gasteiger partial charge in [-0.05, 0) is 18.6 Å². The van der Waals surface area contributed by atoms with Crippen LogP contribution in [0.15, 0.2) is 24.3 Å². The van der Waals surface area contributed by atoms with Crippen LogP contribution in [-0.4, -0.2) is 52.1 Å². The third kappa shape index (κ3) is 6.11. The molecule has 2 rings (SSSR count). The molecule has 0 saturated carbocycles. The zero-order chi connectivity index (χ0) is 21.2. The average Bonchev–Trinajstić information content (AvgIpc) is 2.75. The van der Waals surface area contributed by atoms with E-state index < -0.39 is 17.7 Å². The predicted octanol–water partition coefficient (Wildman–Crippen LogP) is 1.44. The third-order valence-corrected chi connectivity index (χ3v) is 4.30. The molecule has 1 heterocycles. The number of hydroxylamine groups is 2. The van der Waals surface area contributed by atoms with Crippen LogP contribution in [0.5, 0.6) is 5.88 Å². The van der Waals surface area contributed by atoms with E-state index in [1.165, 1.54) is 7.11 Å². The second-order valence-corrected chi connectivity index (χ2v) is 6.43. The number of hydrogen-bond donors (Lipinski definition) is 3. The first kappa shape index (κ1) is 22.0. The molecule has 0 radical (unpaired) electrons. The largest absolute Gasteiger partial charge is 0.479 e. The maximum Gasteiger partial charge on any atom is 0.293 e. The highest BCUT2D eigenvalue weighted by molar-refractivity contribution is 5.97. The van der Waals surface area contributed by atoms with Gasteiger partial charge in [0, 0.05) is 0 Å². The number of nitrogens with one attached hydrogen (secondary N) is 2. The Kier molecular flexibility index (Phi) is 8.28. The Morgan fingerprint density at radius 3 is 2.52 bits per heavy atom. The van der Waals surface area contributed by atoms with E-state index in [4.69, 9.17) is 4.74 Å². The molecule has 10 heteroatoms. The molecule has 2 aromatic rings. The van der Waals surface area contributed by atoms with Gasteiger partial charge in [0.1, 0.15) is 0 Å². The van der Waals surface area contributed by atoms with Crippen LogP contribution in [0.4, 0.5) is 0 Å². The van der Waals surface area contributed by atoms with E-state index in [2.05, 4.69) is 20.8 Å². The zero-order valence-electron chi connectivity index (χ0n) is 16.4. The first-order chi connectivity index (χ1) is 14.0. The molecule has 3 amide bonds. The van der Waals surface area contributed by atoms with E-state index >= 15 is 0 Å². The summed E-state index contributed by atoms with van der Waals surface area (Å²) in [5, 5.41) is 9.83. The topological polar surface area (TPSA) is 134 Å². The Bertz CT molecular complexity index is 860. The summed E-state index contributed by atoms with van der Waals surface area (Å²) < 4.78 is 5.14. The van der Waals surface area contributed by atoms with Crippen LogP contribution >= 0.6 is 0 Å². The number of hydrazine groups is 1. The highest BCUT2D eigenvalue weighted by atomic mass is 16.5. The summed E-state index contributed by atoms with van der Waals surface area (Å²) in [4.78, 5) is 44.1. The number of carbonyl (C=O) groups is 3. The molecule has 0 aliphatic rings. The number of rotatable bonds is 10. The van der Waals surface area contributed by atoms with Gasteiger partial charge in [0.15, 0.2) is 5.69 Å². The van der Waals surface area contributed by atoms with Gasteiger partial charge < -0.3 is 4.74 Å². The molecule has 29 heavy (non-hydrogen) atoms. The lowest BCUT2D eigenvalue weighted by atomic mass is 10.0. The molecule has 10 nitrogen and oxygen atoms in total. The maximum atomic E-state index is 12.5. The summed E-state index contributed by atoms with van der Waals surface area (Å²) in [6.07, 6.45) is 3.31. The van der Waals surface area contributed by atoms with Gasteiger partial charge in [-0.15, -0.1) is 0 Å². The summed E-state index contributed by atoms with van der Waals surface area (Å²) in [5.74, 6) is -1.88. The van der Waals surface area contributed by atoms with Gasteiger partial charge in [-0.3, -0.25) is 30.4 Å². The minimum atomic E-state index is -0.697. The van der Waals surface area contributed by atoms with Crippen LogP contribution in [0.25, 0.3) is 11.0 Å². The van der Waals surface area contributed by atoms with Crippen LogP contribution in [0.3, 0.4) is 0 Å². The van der Waals surface area contributed by atoms with Crippen molar-refractivity contribution in [3.63, 3.8) is 0 Å². The van der Waals surface area contributed by atoms with Crippen LogP contribution in [0.1, 0.15) is 43.1 Å². The molecule has 0 bridgehead atoms. The number of amides is 3. The fourth-order valence-corrected chi connectivity index (χ4v) is 2.77. The lowest BCUT2D eigenvalue weighted by Crippen LogP contribution is -2.47. The molecule has 0 aliphatic carbocycles. The number of methoxy groups -OCH3 is 1. The van der Waals surface area contributed by atoms with Gasteiger partial charge in [0.2, 0.25) is 18.2 Å². The molecule has 0 unspecified atom stereocenters. The van der Waals surface area contributed by atoms with Crippen LogP contribution in [0, 0.1) is 5.92 Å². The summed E-state index contributed by atoms with van der Waals surface area (Å²) >= 11 is 0. The zero-order valence-corrected chi connectivity index (χ0v) is 16.4. The van der Waals surface area contributed by atoms with E-state index in [-0.39, 0.29) is 24.5 Å². The summed E-state index contributed by atoms with van der Waals surface area (Å²) in [7, 11) is 1.37. The van der Waals surface area contributed by atoms with Crippen molar-refractivity contribution in [2.75, 3.05) is 13.7 Å². The van der Waals surface area contributed by atoms with Crippen molar-refractivity contribution in [1.29, 1.82) is 0 Å². The van der Waals surface area contributed by atoms with Gasteiger partial charge >= 0.3 is 0 Å². The molecular weight excluding hydrogens is 378 g/mol. The summed E-state index contributed by atoms with van der Waals surface area (Å²) in [5.41, 5.74) is 5.61. The number of para-hydroxylation sites is 2. The average molecular weight is 403 g/mol. The van der Waals surface area contributed by atoms with Crippen molar-refractivity contribution in [2.24, 2.45) is 5.92 Å². The molecule has 1 atom stereocenters. The molecular formula is C19H25N5O5. The summed E-state index contributed by atoms with van der Waals surface area (Å²) in [6.45, 7) is 1.85. The number of aromatic nitrogens is 2. The Labute approximate surface area is 168 Å².